The number of oxazole rings is 1. The van der Waals surface area contributed by atoms with E-state index >= 15 is 0 Å². The molecule has 0 saturated heterocycles. The van der Waals surface area contributed by atoms with Gasteiger partial charge in [0.25, 0.3) is 5.91 Å². The van der Waals surface area contributed by atoms with Gasteiger partial charge in [-0.3, -0.25) is 9.59 Å². The van der Waals surface area contributed by atoms with E-state index < -0.39 is 29.2 Å². The quantitative estimate of drug-likeness (QED) is 0.629. The Balaban J connectivity index is 1.58. The Morgan fingerprint density at radius 3 is 2.80 bits per heavy atom. The highest BCUT2D eigenvalue weighted by molar-refractivity contribution is 6.31. The molecule has 0 spiro atoms. The van der Waals surface area contributed by atoms with Gasteiger partial charge >= 0.3 is 0 Å². The second-order valence-corrected chi connectivity index (χ2v) is 7.58. The minimum atomic E-state index is -1.06. The number of halogens is 2. The molecule has 2 N–H and O–H groups in total. The molecule has 2 amide bonds. The Hall–Kier alpha value is -3.44. The van der Waals surface area contributed by atoms with Crippen LogP contribution in [0.1, 0.15) is 29.1 Å². The summed E-state index contributed by atoms with van der Waals surface area (Å²) in [4.78, 5) is 29.7. The van der Waals surface area contributed by atoms with Crippen molar-refractivity contribution in [3.05, 3.63) is 64.8 Å². The highest BCUT2D eigenvalue weighted by atomic mass is 35.5. The van der Waals surface area contributed by atoms with Crippen molar-refractivity contribution in [3.8, 4) is 6.07 Å². The van der Waals surface area contributed by atoms with Crippen LogP contribution in [0, 0.1) is 17.1 Å². The van der Waals surface area contributed by atoms with Gasteiger partial charge in [-0.15, -0.1) is 0 Å². The number of nitrogens with one attached hydrogen (secondary N) is 2. The standard InChI is InChI=1S/C21H16ClFN4O3/c22-13-3-1-2-12(8-13)19(28)26-16(20(29)27-21(11-24)6-7-21)10-18-25-15-5-4-14(23)9-17(15)30-18/h1-5,8-9,16H,6-7,10H2,(H,26,28)(H,27,29)/t16-/m0/s1. The number of benzene rings is 2. The van der Waals surface area contributed by atoms with E-state index in [-0.39, 0.29) is 23.5 Å². The summed E-state index contributed by atoms with van der Waals surface area (Å²) in [6.45, 7) is 0. The molecular formula is C21H16ClFN4O3. The topological polar surface area (TPSA) is 108 Å². The largest absolute Gasteiger partial charge is 0.440 e. The summed E-state index contributed by atoms with van der Waals surface area (Å²) in [5.41, 5.74) is 0.0466. The second kappa shape index (κ2) is 7.76. The number of hydrogen-bond donors (Lipinski definition) is 2. The maximum absolute atomic E-state index is 13.4. The SMILES string of the molecule is N#CC1(NC(=O)[C@H](Cc2nc3ccc(F)cc3o2)NC(=O)c2cccc(Cl)c2)CC1. The van der Waals surface area contributed by atoms with Crippen LogP contribution in [0.2, 0.25) is 5.02 Å². The number of nitrogens with zero attached hydrogens (tertiary/aromatic N) is 2. The van der Waals surface area contributed by atoms with E-state index in [2.05, 4.69) is 21.7 Å². The van der Waals surface area contributed by atoms with Crippen molar-refractivity contribution in [1.29, 1.82) is 5.26 Å². The van der Waals surface area contributed by atoms with E-state index in [0.717, 1.165) is 0 Å². The van der Waals surface area contributed by atoms with Crippen LogP contribution in [0.25, 0.3) is 11.1 Å². The number of fused-ring (bicyclic) bond motifs is 1. The van der Waals surface area contributed by atoms with Crippen molar-refractivity contribution in [2.45, 2.75) is 30.8 Å². The summed E-state index contributed by atoms with van der Waals surface area (Å²) >= 11 is 5.94. The fourth-order valence-electron chi connectivity index (χ4n) is 3.00. The number of amides is 2. The zero-order chi connectivity index (χ0) is 21.3. The third kappa shape index (κ3) is 4.26. The Morgan fingerprint density at radius 2 is 2.10 bits per heavy atom. The van der Waals surface area contributed by atoms with Crippen molar-refractivity contribution >= 4 is 34.5 Å². The lowest BCUT2D eigenvalue weighted by atomic mass is 10.1. The Kier molecular flexibility index (Phi) is 5.14. The molecule has 0 aliphatic heterocycles. The molecule has 0 bridgehead atoms. The minimum absolute atomic E-state index is 0.0735. The maximum Gasteiger partial charge on any atom is 0.251 e. The zero-order valence-electron chi connectivity index (χ0n) is 15.6. The smallest absolute Gasteiger partial charge is 0.251 e. The third-order valence-corrected chi connectivity index (χ3v) is 5.04. The molecule has 1 heterocycles. The average Bonchev–Trinajstić information content (AvgIpc) is 3.38. The highest BCUT2D eigenvalue weighted by Crippen LogP contribution is 2.34. The van der Waals surface area contributed by atoms with Gasteiger partial charge in [0.2, 0.25) is 5.91 Å². The van der Waals surface area contributed by atoms with Gasteiger partial charge in [-0.2, -0.15) is 5.26 Å². The lowest BCUT2D eigenvalue weighted by molar-refractivity contribution is -0.123. The van der Waals surface area contributed by atoms with Crippen LogP contribution in [0.15, 0.2) is 46.9 Å². The second-order valence-electron chi connectivity index (χ2n) is 7.14. The average molecular weight is 427 g/mol. The molecule has 0 radical (unpaired) electrons. The number of carbonyl (C=O) groups excluding carboxylic acids is 2. The van der Waals surface area contributed by atoms with Crippen LogP contribution in [0.4, 0.5) is 4.39 Å². The lowest BCUT2D eigenvalue weighted by Gasteiger charge is -2.19. The van der Waals surface area contributed by atoms with Gasteiger partial charge in [0.1, 0.15) is 22.9 Å². The van der Waals surface area contributed by atoms with Gasteiger partial charge < -0.3 is 15.1 Å². The molecule has 30 heavy (non-hydrogen) atoms. The Labute approximate surface area is 175 Å². The van der Waals surface area contributed by atoms with Crippen molar-refractivity contribution in [1.82, 2.24) is 15.6 Å². The molecule has 1 aliphatic rings. The van der Waals surface area contributed by atoms with Crippen molar-refractivity contribution in [2.24, 2.45) is 0 Å². The van der Waals surface area contributed by atoms with E-state index in [1.54, 1.807) is 18.2 Å². The molecule has 152 valence electrons. The van der Waals surface area contributed by atoms with E-state index in [0.29, 0.717) is 23.4 Å². The van der Waals surface area contributed by atoms with Crippen LogP contribution in [0.3, 0.4) is 0 Å². The van der Waals surface area contributed by atoms with Gasteiger partial charge in [0.15, 0.2) is 11.5 Å². The van der Waals surface area contributed by atoms with E-state index in [1.807, 2.05) is 0 Å². The first kappa shape index (κ1) is 19.9. The number of hydrogen-bond acceptors (Lipinski definition) is 5. The van der Waals surface area contributed by atoms with Crippen molar-refractivity contribution in [3.63, 3.8) is 0 Å². The van der Waals surface area contributed by atoms with E-state index in [9.17, 15) is 19.2 Å². The van der Waals surface area contributed by atoms with Crippen LogP contribution in [0.5, 0.6) is 0 Å². The van der Waals surface area contributed by atoms with Gasteiger partial charge in [-0.1, -0.05) is 17.7 Å². The molecule has 1 aromatic heterocycles. The van der Waals surface area contributed by atoms with E-state index in [4.69, 9.17) is 16.0 Å². The molecule has 0 unspecified atom stereocenters. The molecular weight excluding hydrogens is 411 g/mol. The van der Waals surface area contributed by atoms with Gasteiger partial charge in [-0.25, -0.2) is 9.37 Å². The molecule has 4 rings (SSSR count). The van der Waals surface area contributed by atoms with Gasteiger partial charge in [0, 0.05) is 16.7 Å². The molecule has 3 aromatic rings. The lowest BCUT2D eigenvalue weighted by Crippen LogP contribution is -2.51. The summed E-state index contributed by atoms with van der Waals surface area (Å²) in [5.74, 6) is -1.36. The molecule has 7 nitrogen and oxygen atoms in total. The monoisotopic (exact) mass is 426 g/mol. The Bertz CT molecular complexity index is 1180. The third-order valence-electron chi connectivity index (χ3n) is 4.81. The summed E-state index contributed by atoms with van der Waals surface area (Å²) in [5, 5.41) is 15.0. The Morgan fingerprint density at radius 1 is 1.30 bits per heavy atom. The summed E-state index contributed by atoms with van der Waals surface area (Å²) < 4.78 is 18.9. The van der Waals surface area contributed by atoms with Gasteiger partial charge in [-0.05, 0) is 43.2 Å². The van der Waals surface area contributed by atoms with Crippen LogP contribution < -0.4 is 10.6 Å². The maximum atomic E-state index is 13.4. The van der Waals surface area contributed by atoms with Crippen LogP contribution in [-0.4, -0.2) is 28.4 Å². The molecule has 1 aliphatic carbocycles. The van der Waals surface area contributed by atoms with Crippen molar-refractivity contribution < 1.29 is 18.4 Å². The summed E-state index contributed by atoms with van der Waals surface area (Å²) in [7, 11) is 0. The zero-order valence-corrected chi connectivity index (χ0v) is 16.4. The predicted octanol–water partition coefficient (Wildman–Crippen LogP) is 3.13. The van der Waals surface area contributed by atoms with Crippen LogP contribution >= 0.6 is 11.6 Å². The van der Waals surface area contributed by atoms with Crippen LogP contribution in [-0.2, 0) is 11.2 Å². The van der Waals surface area contributed by atoms with E-state index in [1.165, 1.54) is 24.3 Å². The van der Waals surface area contributed by atoms with Gasteiger partial charge in [0.05, 0.1) is 12.5 Å². The molecule has 1 fully saturated rings. The molecule has 1 atom stereocenters. The van der Waals surface area contributed by atoms with Crippen molar-refractivity contribution in [2.75, 3.05) is 0 Å². The first-order valence-electron chi connectivity index (χ1n) is 9.22. The predicted molar refractivity (Wildman–Crippen MR) is 106 cm³/mol. The number of rotatable bonds is 6. The summed E-state index contributed by atoms with van der Waals surface area (Å²) in [6, 6.07) is 11.2. The minimum Gasteiger partial charge on any atom is -0.440 e. The normalized spacial score (nSPS) is 15.2. The molecule has 2 aromatic carbocycles. The molecule has 9 heteroatoms. The number of aromatic nitrogens is 1. The number of nitriles is 1. The highest BCUT2D eigenvalue weighted by Gasteiger charge is 2.45. The fourth-order valence-corrected chi connectivity index (χ4v) is 3.19. The molecule has 1 saturated carbocycles. The fraction of sp³-hybridized carbons (Fsp3) is 0.238. The summed E-state index contributed by atoms with van der Waals surface area (Å²) in [6.07, 6.45) is 1.02. The number of carbonyl (C=O) groups is 2. The first-order valence-corrected chi connectivity index (χ1v) is 9.60. The first-order chi connectivity index (χ1) is 14.4.